The summed E-state index contributed by atoms with van der Waals surface area (Å²) in [5, 5.41) is 24.3. The normalized spacial score (nSPS) is 12.3. The number of pyridine rings is 1. The second-order valence-electron chi connectivity index (χ2n) is 4.76. The Morgan fingerprint density at radius 3 is 2.90 bits per heavy atom. The molecule has 2 rings (SSSR count). The lowest BCUT2D eigenvalue weighted by Gasteiger charge is -2.14. The number of rotatable bonds is 6. The van der Waals surface area contributed by atoms with Gasteiger partial charge in [0.15, 0.2) is 0 Å². The number of methoxy groups -OCH3 is 1. The first-order valence-electron chi connectivity index (χ1n) is 6.48. The van der Waals surface area contributed by atoms with E-state index in [0.717, 1.165) is 5.69 Å². The molecule has 1 aromatic heterocycles. The number of benzene rings is 1. The van der Waals surface area contributed by atoms with Crippen LogP contribution in [0.1, 0.15) is 5.69 Å². The Kier molecular flexibility index (Phi) is 4.66. The summed E-state index contributed by atoms with van der Waals surface area (Å²) < 4.78 is 4.86. The summed E-state index contributed by atoms with van der Waals surface area (Å²) in [6.45, 7) is 2.35. The maximum atomic E-state index is 10.9. The number of nitrogens with zero attached hydrogens (tertiary/aromatic N) is 2. The SMILES string of the molecule is COCC(O)CNc1cc(C)nc2ccc([N+](=O)[O-])cc12. The number of nitro benzene ring substituents is 1. The molecule has 1 unspecified atom stereocenters. The largest absolute Gasteiger partial charge is 0.389 e. The molecule has 2 aromatic rings. The molecule has 0 saturated carbocycles. The number of aryl methyl sites for hydroxylation is 1. The first kappa shape index (κ1) is 15.1. The Labute approximate surface area is 121 Å². The van der Waals surface area contributed by atoms with Crippen LogP contribution in [0.15, 0.2) is 24.3 Å². The average molecular weight is 291 g/mol. The lowest BCUT2D eigenvalue weighted by molar-refractivity contribution is -0.384. The van der Waals surface area contributed by atoms with E-state index in [-0.39, 0.29) is 18.8 Å². The highest BCUT2D eigenvalue weighted by Crippen LogP contribution is 2.27. The number of anilines is 1. The van der Waals surface area contributed by atoms with Gasteiger partial charge in [-0.15, -0.1) is 0 Å². The Morgan fingerprint density at radius 1 is 1.48 bits per heavy atom. The molecule has 0 spiro atoms. The molecule has 0 aliphatic rings. The van der Waals surface area contributed by atoms with E-state index < -0.39 is 11.0 Å². The molecule has 1 atom stereocenters. The van der Waals surface area contributed by atoms with Crippen LogP contribution in [-0.2, 0) is 4.74 Å². The number of hydrogen-bond donors (Lipinski definition) is 2. The van der Waals surface area contributed by atoms with Crippen molar-refractivity contribution in [2.75, 3.05) is 25.6 Å². The van der Waals surface area contributed by atoms with E-state index in [4.69, 9.17) is 4.74 Å². The lowest BCUT2D eigenvalue weighted by Crippen LogP contribution is -2.24. The summed E-state index contributed by atoms with van der Waals surface area (Å²) >= 11 is 0. The monoisotopic (exact) mass is 291 g/mol. The number of nitrogens with one attached hydrogen (secondary N) is 1. The summed E-state index contributed by atoms with van der Waals surface area (Å²) in [5.74, 6) is 0. The number of fused-ring (bicyclic) bond motifs is 1. The van der Waals surface area contributed by atoms with Crippen molar-refractivity contribution in [3.63, 3.8) is 0 Å². The van der Waals surface area contributed by atoms with Crippen molar-refractivity contribution in [1.82, 2.24) is 4.98 Å². The Balaban J connectivity index is 2.36. The van der Waals surface area contributed by atoms with Gasteiger partial charge in [-0.25, -0.2) is 0 Å². The highest BCUT2D eigenvalue weighted by atomic mass is 16.6. The minimum absolute atomic E-state index is 0.00800. The second-order valence-corrected chi connectivity index (χ2v) is 4.76. The van der Waals surface area contributed by atoms with E-state index in [9.17, 15) is 15.2 Å². The van der Waals surface area contributed by atoms with Crippen molar-refractivity contribution in [2.24, 2.45) is 0 Å². The molecule has 21 heavy (non-hydrogen) atoms. The third kappa shape index (κ3) is 3.65. The van der Waals surface area contributed by atoms with E-state index in [1.165, 1.54) is 19.2 Å². The molecule has 7 heteroatoms. The zero-order valence-corrected chi connectivity index (χ0v) is 11.9. The average Bonchev–Trinajstić information content (AvgIpc) is 2.44. The zero-order chi connectivity index (χ0) is 15.4. The molecule has 0 bridgehead atoms. The molecule has 2 N–H and O–H groups in total. The van der Waals surface area contributed by atoms with Crippen LogP contribution in [0.25, 0.3) is 10.9 Å². The maximum Gasteiger partial charge on any atom is 0.270 e. The molecule has 0 saturated heterocycles. The van der Waals surface area contributed by atoms with E-state index in [0.29, 0.717) is 16.6 Å². The van der Waals surface area contributed by atoms with E-state index in [2.05, 4.69) is 10.3 Å². The van der Waals surface area contributed by atoms with Crippen molar-refractivity contribution in [3.05, 3.63) is 40.1 Å². The zero-order valence-electron chi connectivity index (χ0n) is 11.9. The number of ether oxygens (including phenoxy) is 1. The third-order valence-corrected chi connectivity index (χ3v) is 3.02. The summed E-state index contributed by atoms with van der Waals surface area (Å²) in [5.41, 5.74) is 2.18. The van der Waals surface area contributed by atoms with Crippen LogP contribution in [0.5, 0.6) is 0 Å². The number of non-ortho nitro benzene ring substituents is 1. The first-order valence-corrected chi connectivity index (χ1v) is 6.48. The van der Waals surface area contributed by atoms with Crippen molar-refractivity contribution < 1.29 is 14.8 Å². The van der Waals surface area contributed by atoms with Gasteiger partial charge in [0.05, 0.1) is 23.2 Å². The highest BCUT2D eigenvalue weighted by Gasteiger charge is 2.11. The number of aliphatic hydroxyl groups excluding tert-OH is 1. The number of aromatic nitrogens is 1. The second kappa shape index (κ2) is 6.47. The van der Waals surface area contributed by atoms with Gasteiger partial charge in [-0.2, -0.15) is 0 Å². The van der Waals surface area contributed by atoms with Crippen molar-refractivity contribution in [3.8, 4) is 0 Å². The molecule has 1 aromatic carbocycles. The van der Waals surface area contributed by atoms with Gasteiger partial charge in [-0.05, 0) is 19.1 Å². The minimum atomic E-state index is -0.655. The topological polar surface area (TPSA) is 97.5 Å². The molecule has 7 nitrogen and oxygen atoms in total. The molecule has 1 heterocycles. The van der Waals surface area contributed by atoms with Gasteiger partial charge in [-0.1, -0.05) is 0 Å². The molecule has 112 valence electrons. The van der Waals surface area contributed by atoms with Gasteiger partial charge < -0.3 is 15.2 Å². The van der Waals surface area contributed by atoms with Gasteiger partial charge in [0.25, 0.3) is 5.69 Å². The van der Waals surface area contributed by atoms with E-state index >= 15 is 0 Å². The van der Waals surface area contributed by atoms with E-state index in [1.807, 2.05) is 6.92 Å². The van der Waals surface area contributed by atoms with Crippen LogP contribution in [0, 0.1) is 17.0 Å². The standard InChI is InChI=1S/C14H17N3O4/c1-9-5-14(15-7-11(18)8-21-2)12-6-10(17(19)20)3-4-13(12)16-9/h3-6,11,18H,7-8H2,1-2H3,(H,15,16). The number of nitro groups is 1. The summed E-state index contributed by atoms with van der Waals surface area (Å²) in [4.78, 5) is 14.8. The highest BCUT2D eigenvalue weighted by molar-refractivity contribution is 5.93. The molecular formula is C14H17N3O4. The summed E-state index contributed by atoms with van der Waals surface area (Å²) in [6.07, 6.45) is -0.655. The molecule has 0 radical (unpaired) electrons. The predicted molar refractivity (Wildman–Crippen MR) is 79.5 cm³/mol. The Hall–Kier alpha value is -2.25. The van der Waals surface area contributed by atoms with Crippen LogP contribution >= 0.6 is 0 Å². The number of hydrogen-bond acceptors (Lipinski definition) is 6. The van der Waals surface area contributed by atoms with Crippen LogP contribution < -0.4 is 5.32 Å². The lowest BCUT2D eigenvalue weighted by atomic mass is 10.1. The third-order valence-electron chi connectivity index (χ3n) is 3.02. The van der Waals surface area contributed by atoms with Crippen LogP contribution in [0.3, 0.4) is 0 Å². The quantitative estimate of drug-likeness (QED) is 0.623. The minimum Gasteiger partial charge on any atom is -0.389 e. The Bertz CT molecular complexity index is 660. The molecule has 0 amide bonds. The fourth-order valence-corrected chi connectivity index (χ4v) is 2.09. The summed E-state index contributed by atoms with van der Waals surface area (Å²) in [6, 6.07) is 6.33. The van der Waals surface area contributed by atoms with Crippen LogP contribution in [0.4, 0.5) is 11.4 Å². The number of aliphatic hydroxyl groups is 1. The van der Waals surface area contributed by atoms with Crippen molar-refractivity contribution in [2.45, 2.75) is 13.0 Å². The van der Waals surface area contributed by atoms with Gasteiger partial charge in [0, 0.05) is 42.6 Å². The predicted octanol–water partition coefficient (Wildman–Crippen LogP) is 1.87. The van der Waals surface area contributed by atoms with Crippen molar-refractivity contribution in [1.29, 1.82) is 0 Å². The van der Waals surface area contributed by atoms with E-state index in [1.54, 1.807) is 12.1 Å². The Morgan fingerprint density at radius 2 is 2.24 bits per heavy atom. The maximum absolute atomic E-state index is 10.9. The molecule has 0 aliphatic heterocycles. The van der Waals surface area contributed by atoms with Gasteiger partial charge in [0.2, 0.25) is 0 Å². The van der Waals surface area contributed by atoms with Gasteiger partial charge >= 0.3 is 0 Å². The van der Waals surface area contributed by atoms with Gasteiger partial charge in [-0.3, -0.25) is 15.1 Å². The molecule has 0 fully saturated rings. The fraction of sp³-hybridized carbons (Fsp3) is 0.357. The van der Waals surface area contributed by atoms with Crippen LogP contribution in [-0.4, -0.2) is 41.4 Å². The van der Waals surface area contributed by atoms with Crippen LogP contribution in [0.2, 0.25) is 0 Å². The van der Waals surface area contributed by atoms with Crippen molar-refractivity contribution >= 4 is 22.3 Å². The smallest absolute Gasteiger partial charge is 0.270 e. The molecule has 0 aliphatic carbocycles. The summed E-state index contributed by atoms with van der Waals surface area (Å²) in [7, 11) is 1.51. The van der Waals surface area contributed by atoms with Gasteiger partial charge in [0.1, 0.15) is 0 Å². The fourth-order valence-electron chi connectivity index (χ4n) is 2.09. The first-order chi connectivity index (χ1) is 10.0. The molecular weight excluding hydrogens is 274 g/mol.